The summed E-state index contributed by atoms with van der Waals surface area (Å²) in [6.07, 6.45) is 0.597. The molecule has 2 fully saturated rings. The predicted molar refractivity (Wildman–Crippen MR) is 131 cm³/mol. The van der Waals surface area contributed by atoms with Gasteiger partial charge in [0, 0.05) is 25.3 Å². The van der Waals surface area contributed by atoms with Crippen LogP contribution in [0.1, 0.15) is 50.3 Å². The molecule has 2 aromatic carbocycles. The zero-order chi connectivity index (χ0) is 25.7. The molecule has 0 saturated carbocycles. The summed E-state index contributed by atoms with van der Waals surface area (Å²) < 4.78 is 24.7. The van der Waals surface area contributed by atoms with Gasteiger partial charge in [-0.2, -0.15) is 0 Å². The summed E-state index contributed by atoms with van der Waals surface area (Å²) in [5.74, 6) is -0.657. The molecule has 2 N–H and O–H groups in total. The van der Waals surface area contributed by atoms with Gasteiger partial charge in [-0.05, 0) is 54.2 Å². The van der Waals surface area contributed by atoms with Crippen LogP contribution in [0.2, 0.25) is 0 Å². The number of ether oxygens (including phenoxy) is 2. The topological polar surface area (TPSA) is 97.0 Å². The number of nitrogens with zero attached hydrogens (tertiary/aromatic N) is 1. The van der Waals surface area contributed by atoms with Crippen LogP contribution in [-0.4, -0.2) is 48.1 Å². The van der Waals surface area contributed by atoms with Gasteiger partial charge in [0.25, 0.3) is 0 Å². The Kier molecular flexibility index (Phi) is 8.20. The van der Waals surface area contributed by atoms with E-state index in [9.17, 15) is 18.8 Å². The fraction of sp³-hybridized carbons (Fsp3) is 0.444. The largest absolute Gasteiger partial charge is 0.438 e. The Balaban J connectivity index is 1.57. The molecule has 192 valence electrons. The van der Waals surface area contributed by atoms with Gasteiger partial charge in [-0.15, -0.1) is 0 Å². The van der Waals surface area contributed by atoms with E-state index >= 15 is 0 Å². The molecule has 2 saturated heterocycles. The maximum atomic E-state index is 13.4. The summed E-state index contributed by atoms with van der Waals surface area (Å²) in [5.41, 5.74) is 1.81. The van der Waals surface area contributed by atoms with Crippen molar-refractivity contribution >= 4 is 23.6 Å². The zero-order valence-corrected chi connectivity index (χ0v) is 20.5. The van der Waals surface area contributed by atoms with E-state index in [1.165, 1.54) is 17.0 Å². The number of anilines is 1. The van der Waals surface area contributed by atoms with Crippen LogP contribution in [0.15, 0.2) is 48.5 Å². The van der Waals surface area contributed by atoms with Crippen LogP contribution in [0.4, 0.5) is 14.9 Å². The van der Waals surface area contributed by atoms with Gasteiger partial charge in [0.1, 0.15) is 5.82 Å². The molecule has 2 aliphatic heterocycles. The maximum Gasteiger partial charge on any atom is 0.411 e. The Labute approximate surface area is 210 Å². The summed E-state index contributed by atoms with van der Waals surface area (Å²) in [5, 5.41) is 5.78. The molecule has 3 atom stereocenters. The Morgan fingerprint density at radius 1 is 1.17 bits per heavy atom. The molecule has 2 aromatic rings. The average molecular weight is 498 g/mol. The molecular weight excluding hydrogens is 465 g/mol. The lowest BCUT2D eigenvalue weighted by Crippen LogP contribution is -2.47. The van der Waals surface area contributed by atoms with Crippen molar-refractivity contribution in [2.24, 2.45) is 5.92 Å². The fourth-order valence-electron chi connectivity index (χ4n) is 4.50. The molecule has 0 aromatic heterocycles. The van der Waals surface area contributed by atoms with Gasteiger partial charge in [0.2, 0.25) is 11.8 Å². The van der Waals surface area contributed by atoms with Crippen LogP contribution < -0.4 is 10.6 Å². The van der Waals surface area contributed by atoms with E-state index < -0.39 is 18.2 Å². The summed E-state index contributed by atoms with van der Waals surface area (Å²) in [6.45, 7) is 5.01. The smallest absolute Gasteiger partial charge is 0.411 e. The standard InChI is InChI=1S/C27H32FN3O5/c1-17(2)13-23(32)30-21-6-3-5-19(14-21)25-24(26(33)29-15-22-7-4-12-35-22)31(27(34)36-25)16-18-8-10-20(28)11-9-18/h3,5-6,8-11,14,17,22,24-25H,4,7,12-13,15-16H2,1-2H3,(H,29,33)(H,30,32). The van der Waals surface area contributed by atoms with Crippen LogP contribution in [0.3, 0.4) is 0 Å². The van der Waals surface area contributed by atoms with Crippen LogP contribution in [0.25, 0.3) is 0 Å². The summed E-state index contributed by atoms with van der Waals surface area (Å²) in [4.78, 5) is 40.0. The number of hydrogen-bond donors (Lipinski definition) is 2. The minimum Gasteiger partial charge on any atom is -0.438 e. The van der Waals surface area contributed by atoms with Gasteiger partial charge in [-0.3, -0.25) is 14.5 Å². The van der Waals surface area contributed by atoms with Crippen LogP contribution in [-0.2, 0) is 25.6 Å². The number of hydrogen-bond acceptors (Lipinski definition) is 5. The molecule has 9 heteroatoms. The lowest BCUT2D eigenvalue weighted by molar-refractivity contribution is -0.127. The number of rotatable bonds is 9. The van der Waals surface area contributed by atoms with E-state index in [0.717, 1.165) is 12.8 Å². The first kappa shape index (κ1) is 25.6. The normalized spacial score (nSPS) is 21.5. The molecule has 2 aliphatic rings. The van der Waals surface area contributed by atoms with Crippen molar-refractivity contribution in [1.82, 2.24) is 10.2 Å². The van der Waals surface area contributed by atoms with Gasteiger partial charge in [-0.1, -0.05) is 38.1 Å². The van der Waals surface area contributed by atoms with Crippen molar-refractivity contribution in [2.75, 3.05) is 18.5 Å². The molecule has 8 nitrogen and oxygen atoms in total. The number of carbonyl (C=O) groups is 3. The lowest BCUT2D eigenvalue weighted by Gasteiger charge is -2.25. The Morgan fingerprint density at radius 3 is 2.64 bits per heavy atom. The van der Waals surface area contributed by atoms with E-state index in [4.69, 9.17) is 9.47 Å². The minimum absolute atomic E-state index is 0.0598. The highest BCUT2D eigenvalue weighted by Crippen LogP contribution is 2.35. The highest BCUT2D eigenvalue weighted by molar-refractivity contribution is 5.91. The second kappa shape index (κ2) is 11.5. The van der Waals surface area contributed by atoms with E-state index in [1.807, 2.05) is 13.8 Å². The summed E-state index contributed by atoms with van der Waals surface area (Å²) in [7, 11) is 0. The van der Waals surface area contributed by atoms with E-state index in [1.54, 1.807) is 36.4 Å². The third-order valence-electron chi connectivity index (χ3n) is 6.24. The number of nitrogens with one attached hydrogen (secondary N) is 2. The number of carbonyl (C=O) groups excluding carboxylic acids is 3. The first-order valence-electron chi connectivity index (χ1n) is 12.3. The monoisotopic (exact) mass is 497 g/mol. The summed E-state index contributed by atoms with van der Waals surface area (Å²) >= 11 is 0. The third-order valence-corrected chi connectivity index (χ3v) is 6.24. The second-order valence-electron chi connectivity index (χ2n) is 9.66. The van der Waals surface area contributed by atoms with Gasteiger partial charge in [-0.25, -0.2) is 9.18 Å². The van der Waals surface area contributed by atoms with Crippen LogP contribution >= 0.6 is 0 Å². The fourth-order valence-corrected chi connectivity index (χ4v) is 4.50. The minimum atomic E-state index is -0.953. The van der Waals surface area contributed by atoms with Gasteiger partial charge >= 0.3 is 6.09 Å². The van der Waals surface area contributed by atoms with Crippen molar-refractivity contribution in [3.8, 4) is 0 Å². The summed E-state index contributed by atoms with van der Waals surface area (Å²) in [6, 6.07) is 11.8. The number of amides is 3. The van der Waals surface area contributed by atoms with Crippen LogP contribution in [0.5, 0.6) is 0 Å². The lowest BCUT2D eigenvalue weighted by atomic mass is 10.00. The quantitative estimate of drug-likeness (QED) is 0.542. The van der Waals surface area contributed by atoms with Crippen molar-refractivity contribution in [2.45, 2.75) is 57.9 Å². The van der Waals surface area contributed by atoms with Crippen molar-refractivity contribution in [3.05, 3.63) is 65.5 Å². The first-order chi connectivity index (χ1) is 17.3. The molecule has 0 radical (unpaired) electrons. The Morgan fingerprint density at radius 2 is 1.94 bits per heavy atom. The molecule has 4 rings (SSSR count). The average Bonchev–Trinajstić information content (AvgIpc) is 3.47. The number of benzene rings is 2. The molecule has 36 heavy (non-hydrogen) atoms. The van der Waals surface area contributed by atoms with Crippen LogP contribution in [0, 0.1) is 11.7 Å². The van der Waals surface area contributed by atoms with E-state index in [-0.39, 0.29) is 36.2 Å². The molecule has 0 aliphatic carbocycles. The molecule has 3 amide bonds. The number of halogens is 1. The highest BCUT2D eigenvalue weighted by Gasteiger charge is 2.47. The molecule has 0 spiro atoms. The van der Waals surface area contributed by atoms with E-state index in [2.05, 4.69) is 10.6 Å². The van der Waals surface area contributed by atoms with Gasteiger partial charge in [0.15, 0.2) is 12.1 Å². The predicted octanol–water partition coefficient (Wildman–Crippen LogP) is 4.17. The van der Waals surface area contributed by atoms with E-state index in [0.29, 0.717) is 36.4 Å². The first-order valence-corrected chi connectivity index (χ1v) is 12.3. The Hall–Kier alpha value is -3.46. The van der Waals surface area contributed by atoms with Crippen molar-refractivity contribution in [1.29, 1.82) is 0 Å². The highest BCUT2D eigenvalue weighted by atomic mass is 19.1. The second-order valence-corrected chi connectivity index (χ2v) is 9.66. The molecular formula is C27H32FN3O5. The van der Waals surface area contributed by atoms with Gasteiger partial charge in [0.05, 0.1) is 12.6 Å². The molecule has 3 unspecified atom stereocenters. The van der Waals surface area contributed by atoms with Crippen molar-refractivity contribution in [3.63, 3.8) is 0 Å². The zero-order valence-electron chi connectivity index (χ0n) is 20.5. The Bertz CT molecular complexity index is 1090. The number of cyclic esters (lactones) is 1. The third kappa shape index (κ3) is 6.40. The molecule has 0 bridgehead atoms. The van der Waals surface area contributed by atoms with Crippen molar-refractivity contribution < 1.29 is 28.2 Å². The molecule has 2 heterocycles. The van der Waals surface area contributed by atoms with Gasteiger partial charge < -0.3 is 20.1 Å². The SMILES string of the molecule is CC(C)CC(=O)Nc1cccc(C2OC(=O)N(Cc3ccc(F)cc3)C2C(=O)NCC2CCCO2)c1. The maximum absolute atomic E-state index is 13.4.